The first kappa shape index (κ1) is 16.3. The summed E-state index contributed by atoms with van der Waals surface area (Å²) < 4.78 is 14.6. The molecule has 1 aromatic rings. The third kappa shape index (κ3) is 3.97. The first-order chi connectivity index (χ1) is 10.2. The van der Waals surface area contributed by atoms with E-state index in [1.165, 1.54) is 25.7 Å². The van der Waals surface area contributed by atoms with Crippen molar-refractivity contribution < 1.29 is 4.39 Å². The summed E-state index contributed by atoms with van der Waals surface area (Å²) in [6, 6.07) is 6.47. The first-order valence-electron chi connectivity index (χ1n) is 8.46. The van der Waals surface area contributed by atoms with Crippen LogP contribution >= 0.6 is 0 Å². The second kappa shape index (κ2) is 7.79. The molecule has 0 amide bonds. The Bertz CT molecular complexity index is 441. The highest BCUT2D eigenvalue weighted by Crippen LogP contribution is 2.31. The zero-order valence-electron chi connectivity index (χ0n) is 13.7. The van der Waals surface area contributed by atoms with Crippen molar-refractivity contribution in [2.24, 2.45) is 0 Å². The Balaban J connectivity index is 2.13. The average Bonchev–Trinajstić information content (AvgIpc) is 3.01. The van der Waals surface area contributed by atoms with E-state index in [-0.39, 0.29) is 11.9 Å². The van der Waals surface area contributed by atoms with Gasteiger partial charge >= 0.3 is 0 Å². The molecular weight excluding hydrogens is 263 g/mol. The Labute approximate surface area is 128 Å². The van der Waals surface area contributed by atoms with Gasteiger partial charge in [0.1, 0.15) is 5.82 Å². The fourth-order valence-electron chi connectivity index (χ4n) is 3.35. The molecule has 1 atom stereocenters. The van der Waals surface area contributed by atoms with Gasteiger partial charge in [0, 0.05) is 18.6 Å². The maximum atomic E-state index is 14.6. The Morgan fingerprint density at radius 3 is 2.57 bits per heavy atom. The monoisotopic (exact) mass is 292 g/mol. The summed E-state index contributed by atoms with van der Waals surface area (Å²) in [4.78, 5) is 2.25. The van der Waals surface area contributed by atoms with Crippen LogP contribution in [-0.2, 0) is 0 Å². The van der Waals surface area contributed by atoms with Crippen LogP contribution < -0.4 is 10.2 Å². The molecule has 1 aromatic carbocycles. The zero-order valence-corrected chi connectivity index (χ0v) is 13.7. The van der Waals surface area contributed by atoms with Crippen LogP contribution in [0.4, 0.5) is 10.1 Å². The molecule has 0 saturated heterocycles. The first-order valence-corrected chi connectivity index (χ1v) is 8.46. The van der Waals surface area contributed by atoms with E-state index >= 15 is 0 Å². The van der Waals surface area contributed by atoms with Gasteiger partial charge in [0.05, 0.1) is 5.69 Å². The van der Waals surface area contributed by atoms with E-state index < -0.39 is 0 Å². The highest BCUT2D eigenvalue weighted by atomic mass is 19.1. The lowest BCUT2D eigenvalue weighted by atomic mass is 10.1. The van der Waals surface area contributed by atoms with Gasteiger partial charge in [-0.15, -0.1) is 0 Å². The quantitative estimate of drug-likeness (QED) is 0.786. The van der Waals surface area contributed by atoms with Crippen LogP contribution in [0.25, 0.3) is 0 Å². The lowest BCUT2D eigenvalue weighted by Gasteiger charge is -2.30. The fourth-order valence-corrected chi connectivity index (χ4v) is 3.35. The standard InChI is InChI=1S/C18H29FN2/c1-4-12-20-14(3)15-10-11-18(17(19)13-15)21(5-2)16-8-6-7-9-16/h10-11,13-14,16,20H,4-9,12H2,1-3H3. The van der Waals surface area contributed by atoms with Crippen LogP contribution in [0.15, 0.2) is 18.2 Å². The van der Waals surface area contributed by atoms with Gasteiger partial charge in [-0.2, -0.15) is 0 Å². The van der Waals surface area contributed by atoms with Crippen molar-refractivity contribution in [2.75, 3.05) is 18.0 Å². The summed E-state index contributed by atoms with van der Waals surface area (Å²) in [5.41, 5.74) is 1.81. The topological polar surface area (TPSA) is 15.3 Å². The van der Waals surface area contributed by atoms with Gasteiger partial charge in [-0.1, -0.05) is 25.8 Å². The predicted octanol–water partition coefficient (Wildman–Crippen LogP) is 4.66. The van der Waals surface area contributed by atoms with Gasteiger partial charge in [-0.05, 0) is 57.4 Å². The van der Waals surface area contributed by atoms with Gasteiger partial charge < -0.3 is 10.2 Å². The van der Waals surface area contributed by atoms with E-state index in [4.69, 9.17) is 0 Å². The van der Waals surface area contributed by atoms with Crippen molar-refractivity contribution in [2.45, 2.75) is 65.0 Å². The lowest BCUT2D eigenvalue weighted by Crippen LogP contribution is -2.33. The van der Waals surface area contributed by atoms with Crippen LogP contribution in [0.3, 0.4) is 0 Å². The van der Waals surface area contributed by atoms with E-state index in [2.05, 4.69) is 37.1 Å². The SMILES string of the molecule is CCCNC(C)c1ccc(N(CC)C2CCCC2)c(F)c1. The van der Waals surface area contributed by atoms with Crippen molar-refractivity contribution >= 4 is 5.69 Å². The molecule has 0 bridgehead atoms. The van der Waals surface area contributed by atoms with Gasteiger partial charge in [-0.25, -0.2) is 4.39 Å². The summed E-state index contributed by atoms with van der Waals surface area (Å²) in [6.07, 6.45) is 6.04. The molecule has 0 spiro atoms. The fraction of sp³-hybridized carbons (Fsp3) is 0.667. The maximum Gasteiger partial charge on any atom is 0.146 e. The minimum atomic E-state index is -0.0774. The van der Waals surface area contributed by atoms with E-state index in [0.29, 0.717) is 6.04 Å². The van der Waals surface area contributed by atoms with Gasteiger partial charge in [-0.3, -0.25) is 0 Å². The molecule has 1 aliphatic rings. The Hall–Kier alpha value is -1.09. The number of halogens is 1. The molecule has 1 unspecified atom stereocenters. The molecule has 3 heteroatoms. The molecule has 2 nitrogen and oxygen atoms in total. The number of hydrogen-bond donors (Lipinski definition) is 1. The molecule has 2 rings (SSSR count). The molecule has 118 valence electrons. The molecule has 0 radical (unpaired) electrons. The number of benzene rings is 1. The number of rotatable bonds is 7. The molecule has 1 fully saturated rings. The third-order valence-corrected chi connectivity index (χ3v) is 4.59. The van der Waals surface area contributed by atoms with Crippen LogP contribution in [0.5, 0.6) is 0 Å². The van der Waals surface area contributed by atoms with Gasteiger partial charge in [0.15, 0.2) is 0 Å². The minimum absolute atomic E-state index is 0.0774. The van der Waals surface area contributed by atoms with Crippen molar-refractivity contribution in [1.82, 2.24) is 5.32 Å². The summed E-state index contributed by atoms with van der Waals surface area (Å²) in [6.45, 7) is 8.21. The number of nitrogens with zero attached hydrogens (tertiary/aromatic N) is 1. The molecule has 1 saturated carbocycles. The largest absolute Gasteiger partial charge is 0.366 e. The van der Waals surface area contributed by atoms with Crippen LogP contribution in [-0.4, -0.2) is 19.1 Å². The van der Waals surface area contributed by atoms with Crippen LogP contribution in [0.1, 0.15) is 64.5 Å². The van der Waals surface area contributed by atoms with Crippen molar-refractivity contribution in [3.8, 4) is 0 Å². The van der Waals surface area contributed by atoms with Crippen LogP contribution in [0, 0.1) is 5.82 Å². The van der Waals surface area contributed by atoms with E-state index in [9.17, 15) is 4.39 Å². The summed E-state index contributed by atoms with van der Waals surface area (Å²) in [5, 5.41) is 3.41. The Morgan fingerprint density at radius 1 is 1.29 bits per heavy atom. The molecule has 1 aliphatic carbocycles. The molecule has 21 heavy (non-hydrogen) atoms. The van der Waals surface area contributed by atoms with Crippen molar-refractivity contribution in [3.63, 3.8) is 0 Å². The van der Waals surface area contributed by atoms with E-state index in [1.807, 2.05) is 6.07 Å². The number of hydrogen-bond acceptors (Lipinski definition) is 2. The third-order valence-electron chi connectivity index (χ3n) is 4.59. The number of anilines is 1. The summed E-state index contributed by atoms with van der Waals surface area (Å²) in [7, 11) is 0. The average molecular weight is 292 g/mol. The zero-order chi connectivity index (χ0) is 15.2. The minimum Gasteiger partial charge on any atom is -0.366 e. The second-order valence-electron chi connectivity index (χ2n) is 6.11. The van der Waals surface area contributed by atoms with Gasteiger partial charge in [0.2, 0.25) is 0 Å². The highest BCUT2D eigenvalue weighted by Gasteiger charge is 2.23. The highest BCUT2D eigenvalue weighted by molar-refractivity contribution is 5.50. The van der Waals surface area contributed by atoms with Crippen LogP contribution in [0.2, 0.25) is 0 Å². The summed E-state index contributed by atoms with van der Waals surface area (Å²) >= 11 is 0. The Morgan fingerprint density at radius 2 is 2.00 bits per heavy atom. The van der Waals surface area contributed by atoms with Gasteiger partial charge in [0.25, 0.3) is 0 Å². The molecule has 0 aromatic heterocycles. The predicted molar refractivity (Wildman–Crippen MR) is 88.4 cm³/mol. The second-order valence-corrected chi connectivity index (χ2v) is 6.11. The van der Waals surface area contributed by atoms with Crippen molar-refractivity contribution in [1.29, 1.82) is 0 Å². The Kier molecular flexibility index (Phi) is 6.04. The van der Waals surface area contributed by atoms with Crippen molar-refractivity contribution in [3.05, 3.63) is 29.6 Å². The molecule has 0 aliphatic heterocycles. The molecule has 1 N–H and O–H groups in total. The molecular formula is C18H29FN2. The smallest absolute Gasteiger partial charge is 0.146 e. The lowest BCUT2D eigenvalue weighted by molar-refractivity contribution is 0.554. The molecule has 0 heterocycles. The van der Waals surface area contributed by atoms with E-state index in [0.717, 1.165) is 30.8 Å². The summed E-state index contributed by atoms with van der Waals surface area (Å²) in [5.74, 6) is -0.0774. The van der Waals surface area contributed by atoms with E-state index in [1.54, 1.807) is 6.07 Å². The maximum absolute atomic E-state index is 14.6. The normalized spacial score (nSPS) is 17.1. The number of nitrogens with one attached hydrogen (secondary N) is 1.